The maximum absolute atomic E-state index is 12.3. The molecule has 112 valence electrons. The monoisotopic (exact) mass is 297 g/mol. The molecule has 0 bridgehead atoms. The van der Waals surface area contributed by atoms with E-state index < -0.39 is 0 Å². The minimum Gasteiger partial charge on any atom is -0.338 e. The molecule has 1 fully saturated rings. The van der Waals surface area contributed by atoms with E-state index in [0.29, 0.717) is 25.3 Å². The Morgan fingerprint density at radius 3 is 2.95 bits per heavy atom. The fourth-order valence-electron chi connectivity index (χ4n) is 2.73. The molecule has 0 aliphatic carbocycles. The number of amides is 1. The summed E-state index contributed by atoms with van der Waals surface area (Å²) >= 11 is 0. The molecule has 1 aromatic heterocycles. The largest absolute Gasteiger partial charge is 0.338 e. The second-order valence-electron chi connectivity index (χ2n) is 5.43. The van der Waals surface area contributed by atoms with Crippen molar-refractivity contribution in [3.05, 3.63) is 30.1 Å². The molecule has 1 aliphatic rings. The molecule has 1 aliphatic heterocycles. The molecule has 0 radical (unpaired) electrons. The van der Waals surface area contributed by atoms with Gasteiger partial charge in [-0.3, -0.25) is 9.78 Å². The van der Waals surface area contributed by atoms with E-state index in [1.165, 1.54) is 0 Å². The van der Waals surface area contributed by atoms with E-state index in [2.05, 4.69) is 11.9 Å². The number of aryl methyl sites for hydroxylation is 1. The van der Waals surface area contributed by atoms with Crippen LogP contribution in [0.1, 0.15) is 31.9 Å². The van der Waals surface area contributed by atoms with Gasteiger partial charge in [0, 0.05) is 37.4 Å². The summed E-state index contributed by atoms with van der Waals surface area (Å²) in [4.78, 5) is 18.5. The van der Waals surface area contributed by atoms with Crippen LogP contribution in [0.15, 0.2) is 24.4 Å². The molecule has 20 heavy (non-hydrogen) atoms. The third-order valence-corrected chi connectivity index (χ3v) is 3.89. The Balaban J connectivity index is 0.00000200. The van der Waals surface area contributed by atoms with Crippen LogP contribution >= 0.6 is 12.4 Å². The predicted molar refractivity (Wildman–Crippen MR) is 82.8 cm³/mol. The molecule has 0 aromatic carbocycles. The summed E-state index contributed by atoms with van der Waals surface area (Å²) in [6.07, 6.45) is 5.13. The van der Waals surface area contributed by atoms with Gasteiger partial charge in [0.2, 0.25) is 5.91 Å². The van der Waals surface area contributed by atoms with E-state index in [1.54, 1.807) is 6.20 Å². The highest BCUT2D eigenvalue weighted by molar-refractivity contribution is 5.85. The number of aromatic nitrogens is 1. The van der Waals surface area contributed by atoms with Gasteiger partial charge in [-0.2, -0.15) is 0 Å². The first-order chi connectivity index (χ1) is 9.20. The van der Waals surface area contributed by atoms with Gasteiger partial charge in [0.15, 0.2) is 0 Å². The smallest absolute Gasteiger partial charge is 0.223 e. The topological polar surface area (TPSA) is 59.2 Å². The molecule has 0 saturated carbocycles. The van der Waals surface area contributed by atoms with Gasteiger partial charge in [-0.1, -0.05) is 13.0 Å². The van der Waals surface area contributed by atoms with Gasteiger partial charge < -0.3 is 10.6 Å². The van der Waals surface area contributed by atoms with Crippen molar-refractivity contribution in [1.29, 1.82) is 0 Å². The molecule has 2 N–H and O–H groups in total. The minimum atomic E-state index is 0. The first-order valence-corrected chi connectivity index (χ1v) is 7.10. The zero-order chi connectivity index (χ0) is 13.7. The van der Waals surface area contributed by atoms with Crippen LogP contribution in [0.4, 0.5) is 0 Å². The Labute approximate surface area is 127 Å². The van der Waals surface area contributed by atoms with E-state index in [1.807, 2.05) is 23.1 Å². The van der Waals surface area contributed by atoms with Crippen LogP contribution in [0.2, 0.25) is 0 Å². The fourth-order valence-corrected chi connectivity index (χ4v) is 2.73. The number of likely N-dealkylation sites (tertiary alicyclic amines) is 1. The molecular weight excluding hydrogens is 274 g/mol. The molecule has 1 amide bonds. The standard InChI is InChI=1S/C15H23N3O.ClH/c1-12-7-9-18(14(10-12)11-16)15(19)6-5-13-4-2-3-8-17-13;/h2-4,8,12,14H,5-7,9-11,16H2,1H3;1H. The van der Waals surface area contributed by atoms with Gasteiger partial charge >= 0.3 is 0 Å². The van der Waals surface area contributed by atoms with E-state index >= 15 is 0 Å². The second-order valence-corrected chi connectivity index (χ2v) is 5.43. The van der Waals surface area contributed by atoms with E-state index in [9.17, 15) is 4.79 Å². The molecule has 4 nitrogen and oxygen atoms in total. The number of hydrogen-bond donors (Lipinski definition) is 1. The van der Waals surface area contributed by atoms with Gasteiger partial charge in [0.1, 0.15) is 0 Å². The summed E-state index contributed by atoms with van der Waals surface area (Å²) in [7, 11) is 0. The number of carbonyl (C=O) groups excluding carboxylic acids is 1. The zero-order valence-electron chi connectivity index (χ0n) is 12.0. The fraction of sp³-hybridized carbons (Fsp3) is 0.600. The molecule has 2 rings (SSSR count). The third-order valence-electron chi connectivity index (χ3n) is 3.89. The molecular formula is C15H24ClN3O. The summed E-state index contributed by atoms with van der Waals surface area (Å²) in [5.41, 5.74) is 6.77. The summed E-state index contributed by atoms with van der Waals surface area (Å²) in [6, 6.07) is 6.03. The quantitative estimate of drug-likeness (QED) is 0.925. The lowest BCUT2D eigenvalue weighted by molar-refractivity contribution is -0.135. The summed E-state index contributed by atoms with van der Waals surface area (Å²) in [6.45, 7) is 3.65. The number of piperidine rings is 1. The number of nitrogens with zero attached hydrogens (tertiary/aromatic N) is 2. The Morgan fingerprint density at radius 2 is 2.30 bits per heavy atom. The van der Waals surface area contributed by atoms with E-state index in [4.69, 9.17) is 5.73 Å². The maximum atomic E-state index is 12.3. The van der Waals surface area contributed by atoms with Crippen LogP contribution in [0.5, 0.6) is 0 Å². The van der Waals surface area contributed by atoms with Crippen molar-refractivity contribution in [2.24, 2.45) is 11.7 Å². The van der Waals surface area contributed by atoms with E-state index in [-0.39, 0.29) is 24.4 Å². The van der Waals surface area contributed by atoms with Crippen molar-refractivity contribution in [2.75, 3.05) is 13.1 Å². The highest BCUT2D eigenvalue weighted by atomic mass is 35.5. The maximum Gasteiger partial charge on any atom is 0.223 e. The first-order valence-electron chi connectivity index (χ1n) is 7.10. The van der Waals surface area contributed by atoms with Crippen molar-refractivity contribution in [3.63, 3.8) is 0 Å². The highest BCUT2D eigenvalue weighted by Gasteiger charge is 2.28. The second kappa shape index (κ2) is 8.22. The third kappa shape index (κ3) is 4.46. The van der Waals surface area contributed by atoms with Crippen LogP contribution in [-0.4, -0.2) is 34.9 Å². The highest BCUT2D eigenvalue weighted by Crippen LogP contribution is 2.22. The lowest BCUT2D eigenvalue weighted by Crippen LogP contribution is -2.49. The van der Waals surface area contributed by atoms with Crippen molar-refractivity contribution in [3.8, 4) is 0 Å². The molecule has 2 unspecified atom stereocenters. The number of carbonyl (C=O) groups is 1. The van der Waals surface area contributed by atoms with Gasteiger partial charge in [-0.25, -0.2) is 0 Å². The van der Waals surface area contributed by atoms with Crippen LogP contribution < -0.4 is 5.73 Å². The van der Waals surface area contributed by atoms with Crippen molar-refractivity contribution in [2.45, 2.75) is 38.6 Å². The molecule has 2 atom stereocenters. The van der Waals surface area contributed by atoms with Crippen molar-refractivity contribution < 1.29 is 4.79 Å². The van der Waals surface area contributed by atoms with Crippen LogP contribution in [-0.2, 0) is 11.2 Å². The first kappa shape index (κ1) is 16.9. The predicted octanol–water partition coefficient (Wildman–Crippen LogP) is 2.02. The van der Waals surface area contributed by atoms with E-state index in [0.717, 1.165) is 25.1 Å². The molecule has 2 heterocycles. The SMILES string of the molecule is CC1CCN(C(=O)CCc2ccccn2)C(CN)C1.Cl. The Morgan fingerprint density at radius 1 is 1.50 bits per heavy atom. The Hall–Kier alpha value is -1.13. The number of hydrogen-bond acceptors (Lipinski definition) is 3. The average molecular weight is 298 g/mol. The lowest BCUT2D eigenvalue weighted by Gasteiger charge is -2.38. The Kier molecular flexibility index (Phi) is 6.96. The molecule has 0 spiro atoms. The minimum absolute atomic E-state index is 0. The normalized spacial score (nSPS) is 22.2. The van der Waals surface area contributed by atoms with Gasteiger partial charge in [-0.05, 0) is 37.3 Å². The Bertz CT molecular complexity index is 413. The summed E-state index contributed by atoms with van der Waals surface area (Å²) in [5.74, 6) is 0.890. The van der Waals surface area contributed by atoms with Crippen molar-refractivity contribution in [1.82, 2.24) is 9.88 Å². The van der Waals surface area contributed by atoms with Crippen LogP contribution in [0, 0.1) is 5.92 Å². The van der Waals surface area contributed by atoms with Crippen LogP contribution in [0.25, 0.3) is 0 Å². The molecule has 5 heteroatoms. The number of halogens is 1. The zero-order valence-corrected chi connectivity index (χ0v) is 12.8. The number of nitrogens with two attached hydrogens (primary N) is 1. The lowest BCUT2D eigenvalue weighted by atomic mass is 9.92. The number of pyridine rings is 1. The number of rotatable bonds is 4. The molecule has 1 aromatic rings. The van der Waals surface area contributed by atoms with Crippen molar-refractivity contribution >= 4 is 18.3 Å². The van der Waals surface area contributed by atoms with Gasteiger partial charge in [-0.15, -0.1) is 12.4 Å². The summed E-state index contributed by atoms with van der Waals surface area (Å²) < 4.78 is 0. The van der Waals surface area contributed by atoms with Gasteiger partial charge in [0.05, 0.1) is 0 Å². The van der Waals surface area contributed by atoms with Gasteiger partial charge in [0.25, 0.3) is 0 Å². The average Bonchev–Trinajstić information content (AvgIpc) is 2.45. The summed E-state index contributed by atoms with van der Waals surface area (Å²) in [5, 5.41) is 0. The molecule has 1 saturated heterocycles. The van der Waals surface area contributed by atoms with Crippen LogP contribution in [0.3, 0.4) is 0 Å².